The lowest BCUT2D eigenvalue weighted by Gasteiger charge is -2.18. The van der Waals surface area contributed by atoms with Gasteiger partial charge in [0.15, 0.2) is 0 Å². The Balaban J connectivity index is 1.94. The highest BCUT2D eigenvalue weighted by atomic mass is 16.3. The first-order chi connectivity index (χ1) is 10.4. The maximum Gasteiger partial charge on any atom is 0.0840 e. The standard InChI is InChI=1S/C18H25N3O/c1-18(2,22)16-7-5-14(6-8-16)11-20-13-15-12-19-10-9-17(15)21(3)4/h5-10,12,20,22H,11,13H2,1-4H3. The van der Waals surface area contributed by atoms with Crippen molar-refractivity contribution in [2.45, 2.75) is 32.5 Å². The fourth-order valence-corrected chi connectivity index (χ4v) is 2.36. The van der Waals surface area contributed by atoms with Crippen LogP contribution in [0.1, 0.15) is 30.5 Å². The number of benzene rings is 1. The summed E-state index contributed by atoms with van der Waals surface area (Å²) >= 11 is 0. The van der Waals surface area contributed by atoms with Crippen LogP contribution in [0.4, 0.5) is 5.69 Å². The number of rotatable bonds is 6. The summed E-state index contributed by atoms with van der Waals surface area (Å²) in [5, 5.41) is 13.4. The summed E-state index contributed by atoms with van der Waals surface area (Å²) in [5.74, 6) is 0. The second kappa shape index (κ2) is 6.90. The van der Waals surface area contributed by atoms with E-state index in [0.717, 1.165) is 18.7 Å². The Morgan fingerprint density at radius 3 is 2.36 bits per heavy atom. The molecule has 4 nitrogen and oxygen atoms in total. The molecule has 22 heavy (non-hydrogen) atoms. The molecule has 0 saturated heterocycles. The van der Waals surface area contributed by atoms with Gasteiger partial charge in [0.1, 0.15) is 0 Å². The Morgan fingerprint density at radius 2 is 1.77 bits per heavy atom. The molecule has 118 valence electrons. The molecule has 0 aliphatic carbocycles. The molecule has 4 heteroatoms. The van der Waals surface area contributed by atoms with Gasteiger partial charge in [-0.25, -0.2) is 0 Å². The van der Waals surface area contributed by atoms with E-state index in [-0.39, 0.29) is 0 Å². The molecule has 1 heterocycles. The van der Waals surface area contributed by atoms with Gasteiger partial charge in [-0.2, -0.15) is 0 Å². The van der Waals surface area contributed by atoms with Crippen molar-refractivity contribution in [3.05, 3.63) is 59.4 Å². The SMILES string of the molecule is CN(C)c1ccncc1CNCc1ccc(C(C)(C)O)cc1. The Morgan fingerprint density at radius 1 is 1.09 bits per heavy atom. The molecule has 2 rings (SSSR count). The van der Waals surface area contributed by atoms with Crippen molar-refractivity contribution in [2.75, 3.05) is 19.0 Å². The van der Waals surface area contributed by atoms with Crippen LogP contribution in [0.3, 0.4) is 0 Å². The van der Waals surface area contributed by atoms with Crippen molar-refractivity contribution in [2.24, 2.45) is 0 Å². The van der Waals surface area contributed by atoms with E-state index in [1.165, 1.54) is 16.8 Å². The van der Waals surface area contributed by atoms with Crippen molar-refractivity contribution in [3.63, 3.8) is 0 Å². The first-order valence-electron chi connectivity index (χ1n) is 7.50. The number of pyridine rings is 1. The average molecular weight is 299 g/mol. The Kier molecular flexibility index (Phi) is 5.16. The van der Waals surface area contributed by atoms with E-state index in [2.05, 4.69) is 27.3 Å². The summed E-state index contributed by atoms with van der Waals surface area (Å²) in [6, 6.07) is 10.1. The quantitative estimate of drug-likeness (QED) is 0.861. The Bertz CT molecular complexity index is 600. The van der Waals surface area contributed by atoms with Gasteiger partial charge in [0, 0.05) is 50.8 Å². The van der Waals surface area contributed by atoms with Gasteiger partial charge in [-0.15, -0.1) is 0 Å². The van der Waals surface area contributed by atoms with Crippen molar-refractivity contribution < 1.29 is 5.11 Å². The summed E-state index contributed by atoms with van der Waals surface area (Å²) in [7, 11) is 4.07. The Hall–Kier alpha value is -1.91. The number of anilines is 1. The molecule has 0 aliphatic rings. The number of nitrogens with zero attached hydrogens (tertiary/aromatic N) is 2. The van der Waals surface area contributed by atoms with Gasteiger partial charge < -0.3 is 15.3 Å². The summed E-state index contributed by atoms with van der Waals surface area (Å²) in [6.45, 7) is 5.15. The van der Waals surface area contributed by atoms with Crippen molar-refractivity contribution in [1.29, 1.82) is 0 Å². The summed E-state index contributed by atoms with van der Waals surface area (Å²) in [4.78, 5) is 6.29. The van der Waals surface area contributed by atoms with Crippen LogP contribution >= 0.6 is 0 Å². The minimum absolute atomic E-state index is 0.772. The molecule has 0 amide bonds. The highest BCUT2D eigenvalue weighted by molar-refractivity contribution is 5.50. The predicted molar refractivity (Wildman–Crippen MR) is 90.8 cm³/mol. The fraction of sp³-hybridized carbons (Fsp3) is 0.389. The number of aliphatic hydroxyl groups is 1. The normalized spacial score (nSPS) is 11.5. The minimum Gasteiger partial charge on any atom is -0.386 e. The Labute approximate surface area is 132 Å². The zero-order valence-corrected chi connectivity index (χ0v) is 13.8. The molecular weight excluding hydrogens is 274 g/mol. The summed E-state index contributed by atoms with van der Waals surface area (Å²) in [5.41, 5.74) is 3.70. The molecule has 0 saturated carbocycles. The van der Waals surface area contributed by atoms with Crippen molar-refractivity contribution in [1.82, 2.24) is 10.3 Å². The number of aromatic nitrogens is 1. The molecule has 0 fully saturated rings. The van der Waals surface area contributed by atoms with E-state index in [9.17, 15) is 5.11 Å². The van der Waals surface area contributed by atoms with Crippen LogP contribution < -0.4 is 10.2 Å². The van der Waals surface area contributed by atoms with Gasteiger partial charge >= 0.3 is 0 Å². The second-order valence-electron chi connectivity index (χ2n) is 6.26. The van der Waals surface area contributed by atoms with Crippen LogP contribution in [0.15, 0.2) is 42.7 Å². The first-order valence-corrected chi connectivity index (χ1v) is 7.50. The number of hydrogen-bond donors (Lipinski definition) is 2. The maximum absolute atomic E-state index is 9.96. The van der Waals surface area contributed by atoms with Crippen LogP contribution in [0.25, 0.3) is 0 Å². The zero-order chi connectivity index (χ0) is 16.2. The molecule has 1 aromatic carbocycles. The van der Waals surface area contributed by atoms with Crippen molar-refractivity contribution in [3.8, 4) is 0 Å². The summed E-state index contributed by atoms with van der Waals surface area (Å²) in [6.07, 6.45) is 3.72. The molecular formula is C18H25N3O. The molecule has 2 aromatic rings. The largest absolute Gasteiger partial charge is 0.386 e. The van der Waals surface area contributed by atoms with E-state index in [1.807, 2.05) is 44.7 Å². The molecule has 2 N–H and O–H groups in total. The van der Waals surface area contributed by atoms with Crippen LogP contribution in [0.5, 0.6) is 0 Å². The molecule has 0 bridgehead atoms. The molecule has 0 atom stereocenters. The van der Waals surface area contributed by atoms with Gasteiger partial charge in [-0.05, 0) is 31.0 Å². The molecule has 0 unspecified atom stereocenters. The van der Waals surface area contributed by atoms with E-state index < -0.39 is 5.60 Å². The minimum atomic E-state index is -0.789. The van der Waals surface area contributed by atoms with Gasteiger partial charge in [0.25, 0.3) is 0 Å². The van der Waals surface area contributed by atoms with E-state index in [4.69, 9.17) is 0 Å². The average Bonchev–Trinajstić information content (AvgIpc) is 2.47. The van der Waals surface area contributed by atoms with E-state index in [0.29, 0.717) is 0 Å². The van der Waals surface area contributed by atoms with Crippen LogP contribution in [-0.2, 0) is 18.7 Å². The first kappa shape index (κ1) is 16.5. The predicted octanol–water partition coefficient (Wildman–Crippen LogP) is 2.66. The number of nitrogens with one attached hydrogen (secondary N) is 1. The molecule has 0 spiro atoms. The number of hydrogen-bond acceptors (Lipinski definition) is 4. The third-order valence-electron chi connectivity index (χ3n) is 3.66. The topological polar surface area (TPSA) is 48.4 Å². The molecule has 1 aromatic heterocycles. The van der Waals surface area contributed by atoms with Crippen LogP contribution in [0, 0.1) is 0 Å². The second-order valence-corrected chi connectivity index (χ2v) is 6.26. The molecule has 0 aliphatic heterocycles. The highest BCUT2D eigenvalue weighted by Gasteiger charge is 2.14. The van der Waals surface area contributed by atoms with Gasteiger partial charge in [-0.3, -0.25) is 4.98 Å². The van der Waals surface area contributed by atoms with Crippen LogP contribution in [-0.4, -0.2) is 24.2 Å². The third-order valence-corrected chi connectivity index (χ3v) is 3.66. The lowest BCUT2D eigenvalue weighted by atomic mass is 9.97. The van der Waals surface area contributed by atoms with Crippen LogP contribution in [0.2, 0.25) is 0 Å². The summed E-state index contributed by atoms with van der Waals surface area (Å²) < 4.78 is 0. The third kappa shape index (κ3) is 4.29. The van der Waals surface area contributed by atoms with E-state index >= 15 is 0 Å². The van der Waals surface area contributed by atoms with Gasteiger partial charge in [-0.1, -0.05) is 24.3 Å². The highest BCUT2D eigenvalue weighted by Crippen LogP contribution is 2.20. The zero-order valence-electron chi connectivity index (χ0n) is 13.8. The fourth-order valence-electron chi connectivity index (χ4n) is 2.36. The lowest BCUT2D eigenvalue weighted by molar-refractivity contribution is 0.0786. The maximum atomic E-state index is 9.96. The van der Waals surface area contributed by atoms with Gasteiger partial charge in [0.05, 0.1) is 5.60 Å². The van der Waals surface area contributed by atoms with Gasteiger partial charge in [0.2, 0.25) is 0 Å². The lowest BCUT2D eigenvalue weighted by Crippen LogP contribution is -2.18. The van der Waals surface area contributed by atoms with Crippen molar-refractivity contribution >= 4 is 5.69 Å². The molecule has 0 radical (unpaired) electrons. The monoisotopic (exact) mass is 299 g/mol. The van der Waals surface area contributed by atoms with E-state index in [1.54, 1.807) is 13.8 Å². The smallest absolute Gasteiger partial charge is 0.0840 e.